The van der Waals surface area contributed by atoms with Crippen LogP contribution in [0.15, 0.2) is 40.8 Å². The van der Waals surface area contributed by atoms with Gasteiger partial charge in [-0.05, 0) is 6.92 Å². The van der Waals surface area contributed by atoms with Crippen molar-refractivity contribution in [1.29, 1.82) is 0 Å². The average Bonchev–Trinajstić information content (AvgIpc) is 3.01. The number of carbonyl (C=O) groups excluding carboxylic acids is 2. The van der Waals surface area contributed by atoms with E-state index in [1.165, 1.54) is 18.3 Å². The number of anilines is 1. The van der Waals surface area contributed by atoms with Gasteiger partial charge in [-0.3, -0.25) is 9.59 Å². The quantitative estimate of drug-likeness (QED) is 0.786. The molecule has 0 unspecified atom stereocenters. The smallest absolute Gasteiger partial charge is 0.282 e. The molecule has 0 saturated heterocycles. The Morgan fingerprint density at radius 3 is 2.53 bits per heavy atom. The molecule has 2 heterocycles. The molecule has 0 spiro atoms. The number of amides is 1. The highest BCUT2D eigenvalue weighted by Crippen LogP contribution is 2.28. The van der Waals surface area contributed by atoms with Gasteiger partial charge < -0.3 is 0 Å². The van der Waals surface area contributed by atoms with Crippen molar-refractivity contribution in [3.05, 3.63) is 35.7 Å². The van der Waals surface area contributed by atoms with Gasteiger partial charge in [0.25, 0.3) is 5.78 Å². The molecule has 0 N–H and O–H groups in total. The number of benzene rings is 1. The highest BCUT2D eigenvalue weighted by atomic mass is 32.1. The third-order valence-corrected chi connectivity index (χ3v) is 3.52. The Hall–Kier alpha value is -2.34. The van der Waals surface area contributed by atoms with Crippen molar-refractivity contribution in [3.8, 4) is 11.3 Å². The number of thiazole rings is 1. The number of rotatable bonds is 2. The molecule has 1 aromatic carbocycles. The molecule has 3 rings (SSSR count). The van der Waals surface area contributed by atoms with Crippen molar-refractivity contribution in [3.63, 3.8) is 0 Å². The number of nitrogens with zero attached hydrogens (tertiary/aromatic N) is 3. The lowest BCUT2D eigenvalue weighted by Crippen LogP contribution is -2.26. The standard InChI is InChI=1S/C13H9N3O2S/c1-8-11(17)12(18)16(15-8)13-14-10(7-19-13)9-5-3-2-4-6-9/h2-7H,1H3. The van der Waals surface area contributed by atoms with Crippen molar-refractivity contribution in [2.24, 2.45) is 5.10 Å². The predicted molar refractivity (Wildman–Crippen MR) is 73.2 cm³/mol. The monoisotopic (exact) mass is 271 g/mol. The molecule has 1 aliphatic heterocycles. The number of hydrazone groups is 1. The second kappa shape index (κ2) is 4.40. The Kier molecular flexibility index (Phi) is 2.72. The zero-order chi connectivity index (χ0) is 13.4. The van der Waals surface area contributed by atoms with Crippen LogP contribution < -0.4 is 5.01 Å². The van der Waals surface area contributed by atoms with Gasteiger partial charge >= 0.3 is 5.91 Å². The van der Waals surface area contributed by atoms with Crippen molar-refractivity contribution in [1.82, 2.24) is 4.98 Å². The minimum Gasteiger partial charge on any atom is -0.282 e. The first-order valence-electron chi connectivity index (χ1n) is 5.62. The van der Waals surface area contributed by atoms with Crippen LogP contribution in [0.2, 0.25) is 0 Å². The van der Waals surface area contributed by atoms with Crippen LogP contribution in [0, 0.1) is 0 Å². The summed E-state index contributed by atoms with van der Waals surface area (Å²) in [5.41, 5.74) is 1.92. The van der Waals surface area contributed by atoms with E-state index in [0.717, 1.165) is 16.3 Å². The lowest BCUT2D eigenvalue weighted by molar-refractivity contribution is -0.131. The lowest BCUT2D eigenvalue weighted by atomic mass is 10.2. The number of hydrogen-bond donors (Lipinski definition) is 0. The lowest BCUT2D eigenvalue weighted by Gasteiger charge is -2.04. The fourth-order valence-electron chi connectivity index (χ4n) is 1.72. The summed E-state index contributed by atoms with van der Waals surface area (Å²) in [5, 5.41) is 7.24. The fourth-order valence-corrected chi connectivity index (χ4v) is 2.50. The third kappa shape index (κ3) is 1.96. The maximum atomic E-state index is 11.7. The number of carbonyl (C=O) groups is 2. The largest absolute Gasteiger partial charge is 0.323 e. The van der Waals surface area contributed by atoms with E-state index in [4.69, 9.17) is 0 Å². The minimum atomic E-state index is -0.647. The summed E-state index contributed by atoms with van der Waals surface area (Å²) in [6.07, 6.45) is 0. The molecule has 6 heteroatoms. The van der Waals surface area contributed by atoms with Crippen molar-refractivity contribution in [2.75, 3.05) is 5.01 Å². The number of ketones is 1. The Bertz CT molecular complexity index is 691. The molecule has 0 atom stereocenters. The van der Waals surface area contributed by atoms with Gasteiger partial charge in [0.1, 0.15) is 5.71 Å². The van der Waals surface area contributed by atoms with Crippen LogP contribution in [0.4, 0.5) is 5.13 Å². The summed E-state index contributed by atoms with van der Waals surface area (Å²) >= 11 is 1.28. The molecule has 94 valence electrons. The van der Waals surface area contributed by atoms with E-state index in [9.17, 15) is 9.59 Å². The van der Waals surface area contributed by atoms with Crippen molar-refractivity contribution in [2.45, 2.75) is 6.92 Å². The molecule has 0 bridgehead atoms. The Morgan fingerprint density at radius 1 is 1.16 bits per heavy atom. The minimum absolute atomic E-state index is 0.196. The van der Waals surface area contributed by atoms with Gasteiger partial charge in [-0.1, -0.05) is 30.3 Å². The average molecular weight is 271 g/mol. The zero-order valence-corrected chi connectivity index (χ0v) is 10.8. The van der Waals surface area contributed by atoms with E-state index in [1.807, 2.05) is 35.7 Å². The zero-order valence-electron chi connectivity index (χ0n) is 10.0. The first-order chi connectivity index (χ1) is 9.16. The summed E-state index contributed by atoms with van der Waals surface area (Å²) in [6, 6.07) is 9.63. The molecule has 0 aliphatic carbocycles. The highest BCUT2D eigenvalue weighted by Gasteiger charge is 2.33. The van der Waals surface area contributed by atoms with Gasteiger partial charge in [0.05, 0.1) is 5.69 Å². The van der Waals surface area contributed by atoms with Crippen LogP contribution in [0.5, 0.6) is 0 Å². The topological polar surface area (TPSA) is 62.6 Å². The molecule has 0 fully saturated rings. The number of hydrogen-bond acceptors (Lipinski definition) is 5. The maximum Gasteiger partial charge on any atom is 0.323 e. The summed E-state index contributed by atoms with van der Waals surface area (Å²) in [5.74, 6) is -1.22. The van der Waals surface area contributed by atoms with E-state index < -0.39 is 11.7 Å². The molecule has 2 aromatic rings. The molecule has 1 aromatic heterocycles. The van der Waals surface area contributed by atoms with E-state index >= 15 is 0 Å². The highest BCUT2D eigenvalue weighted by molar-refractivity contribution is 7.14. The Balaban J connectivity index is 1.95. The van der Waals surface area contributed by atoms with Crippen molar-refractivity contribution < 1.29 is 9.59 Å². The number of aromatic nitrogens is 1. The Labute approximate surface area is 113 Å². The first kappa shape index (κ1) is 11.7. The van der Waals surface area contributed by atoms with Gasteiger partial charge in [0.15, 0.2) is 0 Å². The van der Waals surface area contributed by atoms with Gasteiger partial charge in [-0.2, -0.15) is 10.1 Å². The molecule has 19 heavy (non-hydrogen) atoms. The van der Waals surface area contributed by atoms with E-state index in [0.29, 0.717) is 5.13 Å². The molecule has 0 radical (unpaired) electrons. The van der Waals surface area contributed by atoms with Crippen LogP contribution in [0.25, 0.3) is 11.3 Å². The molecular weight excluding hydrogens is 262 g/mol. The van der Waals surface area contributed by atoms with Gasteiger partial charge in [-0.25, -0.2) is 4.98 Å². The van der Waals surface area contributed by atoms with Gasteiger partial charge in [0.2, 0.25) is 5.13 Å². The van der Waals surface area contributed by atoms with Crippen LogP contribution in [-0.2, 0) is 9.59 Å². The van der Waals surface area contributed by atoms with Gasteiger partial charge in [-0.15, -0.1) is 11.3 Å². The van der Waals surface area contributed by atoms with Crippen LogP contribution in [0.1, 0.15) is 6.92 Å². The number of Topliss-reactive ketones (excluding diaryl/α,β-unsaturated/α-hetero) is 1. The van der Waals surface area contributed by atoms with Gasteiger partial charge in [0, 0.05) is 10.9 Å². The first-order valence-corrected chi connectivity index (χ1v) is 6.50. The maximum absolute atomic E-state index is 11.7. The summed E-state index contributed by atoms with van der Waals surface area (Å²) in [7, 11) is 0. The third-order valence-electron chi connectivity index (χ3n) is 2.71. The summed E-state index contributed by atoms with van der Waals surface area (Å²) in [6.45, 7) is 1.52. The van der Waals surface area contributed by atoms with Crippen molar-refractivity contribution >= 4 is 33.9 Å². The molecular formula is C13H9N3O2S. The van der Waals surface area contributed by atoms with E-state index in [-0.39, 0.29) is 5.71 Å². The van der Waals surface area contributed by atoms with Crippen LogP contribution in [0.3, 0.4) is 0 Å². The summed E-state index contributed by atoms with van der Waals surface area (Å²) < 4.78 is 0. The second-order valence-corrected chi connectivity index (χ2v) is 4.85. The normalized spacial score (nSPS) is 15.0. The molecule has 5 nitrogen and oxygen atoms in total. The van der Waals surface area contributed by atoms with E-state index in [2.05, 4.69) is 10.1 Å². The van der Waals surface area contributed by atoms with E-state index in [1.54, 1.807) is 0 Å². The second-order valence-electron chi connectivity index (χ2n) is 4.01. The molecule has 0 saturated carbocycles. The van der Waals surface area contributed by atoms with Crippen LogP contribution in [-0.4, -0.2) is 22.4 Å². The molecule has 1 aliphatic rings. The SMILES string of the molecule is CC1=NN(c2nc(-c3ccccc3)cs2)C(=O)C1=O. The summed E-state index contributed by atoms with van der Waals surface area (Å²) in [4.78, 5) is 27.5. The Morgan fingerprint density at radius 2 is 1.89 bits per heavy atom. The van der Waals surface area contributed by atoms with Crippen LogP contribution >= 0.6 is 11.3 Å². The molecule has 1 amide bonds. The predicted octanol–water partition coefficient (Wildman–Crippen LogP) is 2.10. The fraction of sp³-hybridized carbons (Fsp3) is 0.0769.